The minimum absolute atomic E-state index is 0.00163. The third-order valence-electron chi connectivity index (χ3n) is 3.10. The predicted molar refractivity (Wildman–Crippen MR) is 75.9 cm³/mol. The summed E-state index contributed by atoms with van der Waals surface area (Å²) in [6.45, 7) is 2.23. The van der Waals surface area contributed by atoms with Crippen LogP contribution in [0.15, 0.2) is 59.7 Å². The number of rotatable bonds is 3. The van der Waals surface area contributed by atoms with Crippen LogP contribution in [0.2, 0.25) is 0 Å². The molecule has 20 heavy (non-hydrogen) atoms. The fourth-order valence-electron chi connectivity index (χ4n) is 2.03. The molecule has 0 saturated heterocycles. The molecule has 0 spiro atoms. The molecule has 0 bridgehead atoms. The second-order valence-corrected chi connectivity index (χ2v) is 4.61. The summed E-state index contributed by atoms with van der Waals surface area (Å²) in [5, 5.41) is 8.20. The third-order valence-corrected chi connectivity index (χ3v) is 3.10. The topological polar surface area (TPSA) is 52.7 Å². The van der Waals surface area contributed by atoms with Crippen LogP contribution in [0.1, 0.15) is 11.3 Å². The predicted octanol–water partition coefficient (Wildman–Crippen LogP) is 1.79. The van der Waals surface area contributed by atoms with Crippen molar-refractivity contribution in [2.24, 2.45) is 0 Å². The van der Waals surface area contributed by atoms with E-state index in [1.165, 1.54) is 0 Å². The van der Waals surface area contributed by atoms with Gasteiger partial charge in [-0.15, -0.1) is 5.10 Å². The molecule has 0 amide bonds. The van der Waals surface area contributed by atoms with Gasteiger partial charge in [-0.25, -0.2) is 4.68 Å². The highest BCUT2D eigenvalue weighted by Gasteiger charge is 2.05. The van der Waals surface area contributed by atoms with Gasteiger partial charge in [-0.1, -0.05) is 29.5 Å². The van der Waals surface area contributed by atoms with Crippen LogP contribution in [-0.2, 0) is 6.54 Å². The summed E-state index contributed by atoms with van der Waals surface area (Å²) < 4.78 is 3.34. The Balaban J connectivity index is 1.88. The average molecular weight is 266 g/mol. The van der Waals surface area contributed by atoms with Crippen LogP contribution in [-0.4, -0.2) is 19.6 Å². The third kappa shape index (κ3) is 2.38. The van der Waals surface area contributed by atoms with Crippen molar-refractivity contribution in [2.75, 3.05) is 0 Å². The van der Waals surface area contributed by atoms with Crippen LogP contribution in [0.3, 0.4) is 0 Å². The van der Waals surface area contributed by atoms with Gasteiger partial charge in [0.05, 0.1) is 18.4 Å². The molecular formula is C15H14N4O. The van der Waals surface area contributed by atoms with Crippen molar-refractivity contribution in [1.82, 2.24) is 19.6 Å². The van der Waals surface area contributed by atoms with Crippen molar-refractivity contribution >= 4 is 0 Å². The lowest BCUT2D eigenvalue weighted by molar-refractivity contribution is 0.725. The molecule has 0 aliphatic carbocycles. The van der Waals surface area contributed by atoms with Gasteiger partial charge in [0.1, 0.15) is 5.69 Å². The monoisotopic (exact) mass is 266 g/mol. The fourth-order valence-corrected chi connectivity index (χ4v) is 2.03. The zero-order valence-electron chi connectivity index (χ0n) is 11.1. The Morgan fingerprint density at radius 3 is 2.70 bits per heavy atom. The molecule has 0 saturated carbocycles. The molecule has 0 radical (unpaired) electrons. The van der Waals surface area contributed by atoms with Crippen LogP contribution in [0.25, 0.3) is 5.69 Å². The molecule has 0 aliphatic rings. The number of pyridine rings is 1. The summed E-state index contributed by atoms with van der Waals surface area (Å²) in [7, 11) is 0. The smallest absolute Gasteiger partial charge is 0.253 e. The maximum atomic E-state index is 12.0. The molecule has 5 heteroatoms. The lowest BCUT2D eigenvalue weighted by Crippen LogP contribution is -2.21. The van der Waals surface area contributed by atoms with E-state index in [4.69, 9.17) is 0 Å². The molecule has 0 aliphatic heterocycles. The number of hydrogen-bond donors (Lipinski definition) is 0. The van der Waals surface area contributed by atoms with E-state index in [-0.39, 0.29) is 5.56 Å². The van der Waals surface area contributed by atoms with E-state index >= 15 is 0 Å². The Labute approximate surface area is 116 Å². The number of para-hydroxylation sites is 1. The normalized spacial score (nSPS) is 10.7. The largest absolute Gasteiger partial charge is 0.309 e. The molecule has 100 valence electrons. The van der Waals surface area contributed by atoms with Gasteiger partial charge in [-0.2, -0.15) is 0 Å². The zero-order valence-corrected chi connectivity index (χ0v) is 11.1. The summed E-state index contributed by atoms with van der Waals surface area (Å²) in [5.41, 5.74) is 2.43. The van der Waals surface area contributed by atoms with Gasteiger partial charge in [0.2, 0.25) is 0 Å². The molecule has 3 rings (SSSR count). The van der Waals surface area contributed by atoms with E-state index in [1.54, 1.807) is 28.4 Å². The number of aromatic nitrogens is 4. The summed E-state index contributed by atoms with van der Waals surface area (Å²) >= 11 is 0. The molecule has 0 atom stereocenters. The SMILES string of the molecule is Cc1cccn(Cc2cn(-c3ccccc3)nn2)c1=O. The molecule has 2 aromatic heterocycles. The minimum Gasteiger partial charge on any atom is -0.309 e. The lowest BCUT2D eigenvalue weighted by atomic mass is 10.3. The van der Waals surface area contributed by atoms with Crippen molar-refractivity contribution in [3.8, 4) is 5.69 Å². The molecule has 0 unspecified atom stereocenters. The van der Waals surface area contributed by atoms with Crippen LogP contribution in [0, 0.1) is 6.92 Å². The summed E-state index contributed by atoms with van der Waals surface area (Å²) in [4.78, 5) is 12.0. The first kappa shape index (κ1) is 12.3. The Bertz CT molecular complexity index is 774. The highest BCUT2D eigenvalue weighted by Crippen LogP contribution is 2.06. The fraction of sp³-hybridized carbons (Fsp3) is 0.133. The van der Waals surface area contributed by atoms with Crippen molar-refractivity contribution < 1.29 is 0 Å². The standard InChI is InChI=1S/C15H14N4O/c1-12-6-5-9-18(15(12)20)10-13-11-19(17-16-13)14-7-3-2-4-8-14/h2-9,11H,10H2,1H3. The molecular weight excluding hydrogens is 252 g/mol. The Kier molecular flexibility index (Phi) is 3.16. The maximum Gasteiger partial charge on any atom is 0.253 e. The second-order valence-electron chi connectivity index (χ2n) is 4.61. The Hall–Kier alpha value is -2.69. The van der Waals surface area contributed by atoms with Gasteiger partial charge in [0, 0.05) is 11.8 Å². The Morgan fingerprint density at radius 2 is 1.90 bits per heavy atom. The van der Waals surface area contributed by atoms with Gasteiger partial charge in [-0.05, 0) is 25.1 Å². The van der Waals surface area contributed by atoms with E-state index in [2.05, 4.69) is 10.3 Å². The molecule has 1 aromatic carbocycles. The van der Waals surface area contributed by atoms with E-state index in [0.717, 1.165) is 16.9 Å². The average Bonchev–Trinajstić information content (AvgIpc) is 2.93. The van der Waals surface area contributed by atoms with Crippen LogP contribution in [0.4, 0.5) is 0 Å². The van der Waals surface area contributed by atoms with Crippen LogP contribution < -0.4 is 5.56 Å². The number of benzene rings is 1. The molecule has 0 fully saturated rings. The van der Waals surface area contributed by atoms with Crippen molar-refractivity contribution in [1.29, 1.82) is 0 Å². The Morgan fingerprint density at radius 1 is 1.10 bits per heavy atom. The van der Waals surface area contributed by atoms with Gasteiger partial charge in [-0.3, -0.25) is 4.79 Å². The van der Waals surface area contributed by atoms with Crippen molar-refractivity contribution in [3.63, 3.8) is 0 Å². The van der Waals surface area contributed by atoms with Gasteiger partial charge < -0.3 is 4.57 Å². The van der Waals surface area contributed by atoms with Gasteiger partial charge in [0.15, 0.2) is 0 Å². The van der Waals surface area contributed by atoms with E-state index in [9.17, 15) is 4.79 Å². The lowest BCUT2D eigenvalue weighted by Gasteiger charge is -2.03. The number of hydrogen-bond acceptors (Lipinski definition) is 3. The summed E-state index contributed by atoms with van der Waals surface area (Å²) in [5.74, 6) is 0. The first-order valence-electron chi connectivity index (χ1n) is 6.37. The first-order valence-corrected chi connectivity index (χ1v) is 6.37. The van der Waals surface area contributed by atoms with E-state index < -0.39 is 0 Å². The highest BCUT2D eigenvalue weighted by molar-refractivity contribution is 5.29. The molecule has 2 heterocycles. The number of nitrogens with zero attached hydrogens (tertiary/aromatic N) is 4. The summed E-state index contributed by atoms with van der Waals surface area (Å²) in [6.07, 6.45) is 3.60. The van der Waals surface area contributed by atoms with Crippen molar-refractivity contribution in [3.05, 3.63) is 76.5 Å². The minimum atomic E-state index is 0.00163. The van der Waals surface area contributed by atoms with Crippen LogP contribution >= 0.6 is 0 Å². The second kappa shape index (κ2) is 5.13. The number of aryl methyl sites for hydroxylation is 1. The first-order chi connectivity index (χ1) is 9.74. The molecule has 3 aromatic rings. The summed E-state index contributed by atoms with van der Waals surface area (Å²) in [6, 6.07) is 13.4. The maximum absolute atomic E-state index is 12.0. The quantitative estimate of drug-likeness (QED) is 0.726. The van der Waals surface area contributed by atoms with E-state index in [1.807, 2.05) is 42.6 Å². The van der Waals surface area contributed by atoms with E-state index in [0.29, 0.717) is 6.54 Å². The highest BCUT2D eigenvalue weighted by atomic mass is 16.1. The van der Waals surface area contributed by atoms with Gasteiger partial charge in [0.25, 0.3) is 5.56 Å². The molecule has 5 nitrogen and oxygen atoms in total. The molecule has 0 N–H and O–H groups in total. The van der Waals surface area contributed by atoms with Crippen molar-refractivity contribution in [2.45, 2.75) is 13.5 Å². The van der Waals surface area contributed by atoms with Crippen LogP contribution in [0.5, 0.6) is 0 Å². The van der Waals surface area contributed by atoms with Gasteiger partial charge >= 0.3 is 0 Å². The zero-order chi connectivity index (χ0) is 13.9.